The minimum atomic E-state index is -3.89. The number of carbonyl (C=O) groups excluding carboxylic acids is 2. The lowest BCUT2D eigenvalue weighted by molar-refractivity contribution is -0.126. The summed E-state index contributed by atoms with van der Waals surface area (Å²) in [4.78, 5) is 27.2. The maximum Gasteiger partial charge on any atom is 0.338 e. The maximum absolute atomic E-state index is 13.0. The van der Waals surface area contributed by atoms with Crippen molar-refractivity contribution in [3.63, 3.8) is 0 Å². The molecular formula is C25H24N2O5S. The largest absolute Gasteiger partial charge is 0.449 e. The van der Waals surface area contributed by atoms with Crippen molar-refractivity contribution in [1.82, 2.24) is 0 Å². The third-order valence-corrected chi connectivity index (χ3v) is 7.41. The second kappa shape index (κ2) is 9.07. The molecule has 1 aliphatic rings. The van der Waals surface area contributed by atoms with Crippen LogP contribution in [0.1, 0.15) is 22.8 Å². The van der Waals surface area contributed by atoms with Crippen molar-refractivity contribution in [2.45, 2.75) is 24.3 Å². The van der Waals surface area contributed by atoms with Gasteiger partial charge in [0.15, 0.2) is 6.10 Å². The molecule has 7 nitrogen and oxygen atoms in total. The molecule has 1 heterocycles. The van der Waals surface area contributed by atoms with Gasteiger partial charge in [-0.3, -0.25) is 9.10 Å². The molecule has 1 atom stereocenters. The lowest BCUT2D eigenvalue weighted by atomic mass is 10.2. The number of sulfonamides is 1. The van der Waals surface area contributed by atoms with Gasteiger partial charge in [-0.25, -0.2) is 13.2 Å². The van der Waals surface area contributed by atoms with E-state index in [2.05, 4.69) is 0 Å². The Hall–Kier alpha value is -3.65. The number of para-hydroxylation sites is 2. The van der Waals surface area contributed by atoms with E-state index in [0.29, 0.717) is 12.2 Å². The molecule has 1 unspecified atom stereocenters. The van der Waals surface area contributed by atoms with E-state index in [1.165, 1.54) is 38.2 Å². The first-order valence-corrected chi connectivity index (χ1v) is 12.0. The van der Waals surface area contributed by atoms with Crippen LogP contribution in [-0.2, 0) is 26.0 Å². The summed E-state index contributed by atoms with van der Waals surface area (Å²) < 4.78 is 32.6. The lowest BCUT2D eigenvalue weighted by Gasteiger charge is -2.22. The average Bonchev–Trinajstić information content (AvgIpc) is 3.27. The number of hydrogen-bond donors (Lipinski definition) is 0. The number of rotatable bonds is 6. The van der Waals surface area contributed by atoms with Crippen LogP contribution in [0.4, 0.5) is 11.4 Å². The Kier molecular flexibility index (Phi) is 6.20. The van der Waals surface area contributed by atoms with Gasteiger partial charge in [0.2, 0.25) is 0 Å². The Balaban J connectivity index is 1.49. The number of esters is 1. The fraction of sp³-hybridized carbons (Fsp3) is 0.200. The van der Waals surface area contributed by atoms with E-state index in [1.54, 1.807) is 35.2 Å². The van der Waals surface area contributed by atoms with Crippen molar-refractivity contribution >= 4 is 33.3 Å². The molecule has 0 aliphatic carbocycles. The maximum atomic E-state index is 13.0. The quantitative estimate of drug-likeness (QED) is 0.520. The van der Waals surface area contributed by atoms with Gasteiger partial charge >= 0.3 is 5.97 Å². The summed E-state index contributed by atoms with van der Waals surface area (Å²) in [7, 11) is -2.44. The zero-order valence-electron chi connectivity index (χ0n) is 18.3. The summed E-state index contributed by atoms with van der Waals surface area (Å²) in [5, 5.41) is 0. The lowest BCUT2D eigenvalue weighted by Crippen LogP contribution is -2.39. The fourth-order valence-electron chi connectivity index (χ4n) is 3.78. The normalized spacial score (nSPS) is 13.8. The minimum Gasteiger partial charge on any atom is -0.449 e. The molecule has 0 bridgehead atoms. The molecule has 0 aromatic heterocycles. The van der Waals surface area contributed by atoms with Crippen LogP contribution in [0.15, 0.2) is 83.8 Å². The molecule has 4 rings (SSSR count). The molecule has 0 N–H and O–H groups in total. The molecule has 0 spiro atoms. The first-order valence-electron chi connectivity index (χ1n) is 10.5. The third-order valence-electron chi connectivity index (χ3n) is 5.63. The minimum absolute atomic E-state index is 0.0456. The average molecular weight is 465 g/mol. The Morgan fingerprint density at radius 3 is 2.42 bits per heavy atom. The molecular weight excluding hydrogens is 440 g/mol. The highest BCUT2D eigenvalue weighted by Gasteiger charge is 2.30. The molecule has 8 heteroatoms. The Morgan fingerprint density at radius 1 is 0.970 bits per heavy atom. The second-order valence-electron chi connectivity index (χ2n) is 7.75. The van der Waals surface area contributed by atoms with Gasteiger partial charge in [0.05, 0.1) is 16.1 Å². The van der Waals surface area contributed by atoms with Crippen molar-refractivity contribution in [2.24, 2.45) is 0 Å². The van der Waals surface area contributed by atoms with Crippen LogP contribution in [0, 0.1) is 0 Å². The highest BCUT2D eigenvalue weighted by atomic mass is 32.2. The third kappa shape index (κ3) is 4.47. The van der Waals surface area contributed by atoms with Crippen molar-refractivity contribution in [3.05, 3.63) is 90.0 Å². The van der Waals surface area contributed by atoms with Gasteiger partial charge in [0.1, 0.15) is 0 Å². The highest BCUT2D eigenvalue weighted by Crippen LogP contribution is 2.28. The summed E-state index contributed by atoms with van der Waals surface area (Å²) in [6.45, 7) is 2.05. The number of nitrogens with zero attached hydrogens (tertiary/aromatic N) is 2. The van der Waals surface area contributed by atoms with Crippen LogP contribution in [0.2, 0.25) is 0 Å². The van der Waals surface area contributed by atoms with Crippen molar-refractivity contribution < 1.29 is 22.7 Å². The number of anilines is 2. The molecule has 3 aromatic carbocycles. The summed E-state index contributed by atoms with van der Waals surface area (Å²) in [6, 6.07) is 21.9. The molecule has 0 radical (unpaired) electrons. The van der Waals surface area contributed by atoms with Gasteiger partial charge in [0.25, 0.3) is 15.9 Å². The molecule has 0 saturated heterocycles. The molecule has 0 saturated carbocycles. The molecule has 3 aromatic rings. The molecule has 1 amide bonds. The number of fused-ring (bicyclic) bond motifs is 1. The van der Waals surface area contributed by atoms with Gasteiger partial charge in [-0.15, -0.1) is 0 Å². The topological polar surface area (TPSA) is 84.0 Å². The van der Waals surface area contributed by atoms with Gasteiger partial charge in [-0.05, 0) is 55.3 Å². The Morgan fingerprint density at radius 2 is 1.67 bits per heavy atom. The summed E-state index contributed by atoms with van der Waals surface area (Å²) in [6.07, 6.45) is -0.270. The predicted molar refractivity (Wildman–Crippen MR) is 126 cm³/mol. The Bertz CT molecular complexity index is 1290. The molecule has 33 heavy (non-hydrogen) atoms. The van der Waals surface area contributed by atoms with Crippen LogP contribution in [0.3, 0.4) is 0 Å². The SMILES string of the molecule is CC(OC(=O)c1cccc(S(=O)(=O)N(C)c2ccccc2)c1)C(=O)N1CCc2ccccc21. The van der Waals surface area contributed by atoms with Gasteiger partial charge in [-0.2, -0.15) is 0 Å². The van der Waals surface area contributed by atoms with E-state index in [0.717, 1.165) is 22.0 Å². The van der Waals surface area contributed by atoms with Crippen LogP contribution in [-0.4, -0.2) is 40.0 Å². The van der Waals surface area contributed by atoms with Gasteiger partial charge in [0, 0.05) is 19.3 Å². The van der Waals surface area contributed by atoms with Crippen LogP contribution >= 0.6 is 0 Å². The van der Waals surface area contributed by atoms with Crippen LogP contribution in [0.25, 0.3) is 0 Å². The van der Waals surface area contributed by atoms with Gasteiger partial charge < -0.3 is 9.64 Å². The van der Waals surface area contributed by atoms with E-state index in [9.17, 15) is 18.0 Å². The number of amides is 1. The zero-order valence-corrected chi connectivity index (χ0v) is 19.2. The van der Waals surface area contributed by atoms with Crippen molar-refractivity contribution in [2.75, 3.05) is 22.8 Å². The van der Waals surface area contributed by atoms with Crippen LogP contribution in [0.5, 0.6) is 0 Å². The number of ether oxygens (including phenoxy) is 1. The second-order valence-corrected chi connectivity index (χ2v) is 9.72. The first kappa shape index (κ1) is 22.5. The van der Waals surface area contributed by atoms with E-state index in [4.69, 9.17) is 4.74 Å². The standard InChI is InChI=1S/C25H24N2O5S/c1-18(24(28)27-16-15-19-9-6-7-14-23(19)27)32-25(29)20-10-8-13-22(17-20)33(30,31)26(2)21-11-4-3-5-12-21/h3-14,17-18H,15-16H2,1-2H3. The predicted octanol–water partition coefficient (Wildman–Crippen LogP) is 3.65. The fourth-order valence-corrected chi connectivity index (χ4v) is 5.03. The zero-order chi connectivity index (χ0) is 23.6. The monoisotopic (exact) mass is 464 g/mol. The smallest absolute Gasteiger partial charge is 0.338 e. The molecule has 0 fully saturated rings. The highest BCUT2D eigenvalue weighted by molar-refractivity contribution is 7.92. The summed E-state index contributed by atoms with van der Waals surface area (Å²) in [5.41, 5.74) is 2.45. The molecule has 1 aliphatic heterocycles. The van der Waals surface area contributed by atoms with Crippen LogP contribution < -0.4 is 9.21 Å². The summed E-state index contributed by atoms with van der Waals surface area (Å²) in [5.74, 6) is -1.08. The van der Waals surface area contributed by atoms with Gasteiger partial charge in [-0.1, -0.05) is 42.5 Å². The van der Waals surface area contributed by atoms with E-state index in [-0.39, 0.29) is 16.4 Å². The first-order chi connectivity index (χ1) is 15.8. The molecule has 170 valence electrons. The number of carbonyl (C=O) groups is 2. The summed E-state index contributed by atoms with van der Waals surface area (Å²) >= 11 is 0. The van der Waals surface area contributed by atoms with E-state index >= 15 is 0 Å². The number of hydrogen-bond acceptors (Lipinski definition) is 5. The van der Waals surface area contributed by atoms with E-state index < -0.39 is 22.1 Å². The number of benzene rings is 3. The van der Waals surface area contributed by atoms with Crippen molar-refractivity contribution in [3.8, 4) is 0 Å². The Labute approximate surface area is 193 Å². The van der Waals surface area contributed by atoms with E-state index in [1.807, 2.05) is 24.3 Å². The van der Waals surface area contributed by atoms with Crippen molar-refractivity contribution in [1.29, 1.82) is 0 Å².